The quantitative estimate of drug-likeness (QED) is 0.363. The van der Waals surface area contributed by atoms with Crippen molar-refractivity contribution >= 4 is 17.7 Å². The number of hydrogen-bond acceptors (Lipinski definition) is 5. The van der Waals surface area contributed by atoms with Crippen molar-refractivity contribution in [2.24, 2.45) is 0 Å². The molecular formula is C26H27N5OS. The van der Waals surface area contributed by atoms with Gasteiger partial charge in [-0.1, -0.05) is 66.7 Å². The van der Waals surface area contributed by atoms with Gasteiger partial charge >= 0.3 is 0 Å². The molecule has 7 heteroatoms. The molecule has 1 atom stereocenters. The second-order valence-electron chi connectivity index (χ2n) is 7.89. The van der Waals surface area contributed by atoms with Crippen molar-refractivity contribution in [2.75, 3.05) is 5.75 Å². The van der Waals surface area contributed by atoms with Crippen LogP contribution in [-0.4, -0.2) is 31.4 Å². The SMILES string of the molecule is CCC(NC(=O)CSc1nnc(-c2ccncc2)n1-c1ccccc1C)c1ccc(C)cc1. The molecule has 0 aliphatic rings. The molecule has 1 unspecified atom stereocenters. The number of benzene rings is 2. The van der Waals surface area contributed by atoms with Crippen LogP contribution in [0.15, 0.2) is 78.2 Å². The maximum Gasteiger partial charge on any atom is 0.230 e. The van der Waals surface area contributed by atoms with Gasteiger partial charge in [0.15, 0.2) is 11.0 Å². The lowest BCUT2D eigenvalue weighted by Crippen LogP contribution is -2.29. The molecule has 0 bridgehead atoms. The normalized spacial score (nSPS) is 11.8. The van der Waals surface area contributed by atoms with Gasteiger partial charge in [-0.2, -0.15) is 0 Å². The van der Waals surface area contributed by atoms with Gasteiger partial charge in [-0.25, -0.2) is 0 Å². The first-order valence-electron chi connectivity index (χ1n) is 11.0. The standard InChI is InChI=1S/C26H27N5OS/c1-4-22(20-11-9-18(2)10-12-20)28-24(32)17-33-26-30-29-25(21-13-15-27-16-14-21)31(26)23-8-6-5-7-19(23)3/h5-16,22H,4,17H2,1-3H3,(H,28,32). The molecule has 0 aliphatic carbocycles. The van der Waals surface area contributed by atoms with Crippen LogP contribution in [0, 0.1) is 13.8 Å². The molecule has 0 aliphatic heterocycles. The highest BCUT2D eigenvalue weighted by Gasteiger charge is 2.19. The van der Waals surface area contributed by atoms with Crippen molar-refractivity contribution < 1.29 is 4.79 Å². The maximum atomic E-state index is 12.8. The minimum Gasteiger partial charge on any atom is -0.349 e. The second kappa shape index (κ2) is 10.4. The molecule has 2 heterocycles. The van der Waals surface area contributed by atoms with Gasteiger partial charge in [-0.05, 0) is 49.6 Å². The van der Waals surface area contributed by atoms with Crippen LogP contribution in [0.3, 0.4) is 0 Å². The lowest BCUT2D eigenvalue weighted by Gasteiger charge is -2.18. The fourth-order valence-electron chi connectivity index (χ4n) is 3.67. The van der Waals surface area contributed by atoms with E-state index in [4.69, 9.17) is 0 Å². The third-order valence-electron chi connectivity index (χ3n) is 5.48. The first kappa shape index (κ1) is 22.7. The number of nitrogens with zero attached hydrogens (tertiary/aromatic N) is 4. The molecule has 0 radical (unpaired) electrons. The second-order valence-corrected chi connectivity index (χ2v) is 8.83. The monoisotopic (exact) mass is 457 g/mol. The summed E-state index contributed by atoms with van der Waals surface area (Å²) in [4.78, 5) is 16.9. The van der Waals surface area contributed by atoms with Gasteiger partial charge in [0, 0.05) is 18.0 Å². The summed E-state index contributed by atoms with van der Waals surface area (Å²) in [5, 5.41) is 12.7. The molecular weight excluding hydrogens is 430 g/mol. The zero-order valence-electron chi connectivity index (χ0n) is 19.0. The van der Waals surface area contributed by atoms with Gasteiger partial charge in [0.2, 0.25) is 5.91 Å². The lowest BCUT2D eigenvalue weighted by molar-refractivity contribution is -0.119. The molecule has 0 saturated heterocycles. The molecule has 4 rings (SSSR count). The number of aryl methyl sites for hydroxylation is 2. The van der Waals surface area contributed by atoms with E-state index in [0.29, 0.717) is 5.16 Å². The molecule has 2 aromatic carbocycles. The van der Waals surface area contributed by atoms with Gasteiger partial charge in [0.05, 0.1) is 17.5 Å². The van der Waals surface area contributed by atoms with E-state index in [1.807, 2.05) is 34.9 Å². The number of carbonyl (C=O) groups excluding carboxylic acids is 1. The molecule has 168 valence electrons. The van der Waals surface area contributed by atoms with E-state index in [1.165, 1.54) is 17.3 Å². The summed E-state index contributed by atoms with van der Waals surface area (Å²) in [6.07, 6.45) is 4.30. The van der Waals surface area contributed by atoms with Gasteiger partial charge in [0.1, 0.15) is 0 Å². The summed E-state index contributed by atoms with van der Waals surface area (Å²) in [7, 11) is 0. The Morgan fingerprint density at radius 3 is 2.42 bits per heavy atom. The molecule has 1 N–H and O–H groups in total. The summed E-state index contributed by atoms with van der Waals surface area (Å²) in [5.41, 5.74) is 5.33. The van der Waals surface area contributed by atoms with E-state index >= 15 is 0 Å². The van der Waals surface area contributed by atoms with Crippen LogP contribution >= 0.6 is 11.8 Å². The number of pyridine rings is 1. The number of thioether (sulfide) groups is 1. The van der Waals surface area contributed by atoms with Crippen LogP contribution in [0.1, 0.15) is 36.1 Å². The molecule has 0 saturated carbocycles. The third kappa shape index (κ3) is 5.31. The van der Waals surface area contributed by atoms with Gasteiger partial charge < -0.3 is 5.32 Å². The van der Waals surface area contributed by atoms with Gasteiger partial charge in [-0.3, -0.25) is 14.3 Å². The average Bonchev–Trinajstić information content (AvgIpc) is 3.26. The van der Waals surface area contributed by atoms with E-state index in [9.17, 15) is 4.79 Å². The minimum atomic E-state index is -0.0304. The molecule has 33 heavy (non-hydrogen) atoms. The molecule has 0 spiro atoms. The molecule has 6 nitrogen and oxygen atoms in total. The van der Waals surface area contributed by atoms with Crippen LogP contribution in [0.2, 0.25) is 0 Å². The van der Waals surface area contributed by atoms with E-state index in [2.05, 4.69) is 71.6 Å². The Morgan fingerprint density at radius 1 is 1.00 bits per heavy atom. The maximum absolute atomic E-state index is 12.8. The number of nitrogens with one attached hydrogen (secondary N) is 1. The first-order chi connectivity index (χ1) is 16.1. The van der Waals surface area contributed by atoms with Crippen molar-refractivity contribution in [1.82, 2.24) is 25.1 Å². The molecule has 0 fully saturated rings. The van der Waals surface area contributed by atoms with Crippen LogP contribution in [0.25, 0.3) is 17.1 Å². The highest BCUT2D eigenvalue weighted by molar-refractivity contribution is 7.99. The van der Waals surface area contributed by atoms with Crippen molar-refractivity contribution in [3.63, 3.8) is 0 Å². The highest BCUT2D eigenvalue weighted by atomic mass is 32.2. The Bertz CT molecular complexity index is 1220. The third-order valence-corrected chi connectivity index (χ3v) is 6.41. The van der Waals surface area contributed by atoms with Gasteiger partial charge in [0.25, 0.3) is 0 Å². The average molecular weight is 458 g/mol. The summed E-state index contributed by atoms with van der Waals surface area (Å²) >= 11 is 1.39. The topological polar surface area (TPSA) is 72.7 Å². The summed E-state index contributed by atoms with van der Waals surface area (Å²) < 4.78 is 2.01. The van der Waals surface area contributed by atoms with Crippen molar-refractivity contribution in [3.8, 4) is 17.1 Å². The van der Waals surface area contributed by atoms with E-state index in [-0.39, 0.29) is 17.7 Å². The lowest BCUT2D eigenvalue weighted by atomic mass is 10.0. The minimum absolute atomic E-state index is 0.0136. The predicted molar refractivity (Wildman–Crippen MR) is 132 cm³/mol. The molecule has 1 amide bonds. The highest BCUT2D eigenvalue weighted by Crippen LogP contribution is 2.29. The van der Waals surface area contributed by atoms with Crippen LogP contribution in [0.4, 0.5) is 0 Å². The number of para-hydroxylation sites is 1. The van der Waals surface area contributed by atoms with E-state index in [0.717, 1.165) is 34.6 Å². The summed E-state index contributed by atoms with van der Waals surface area (Å²) in [5.74, 6) is 0.945. The molecule has 4 aromatic rings. The van der Waals surface area contributed by atoms with Crippen LogP contribution < -0.4 is 5.32 Å². The van der Waals surface area contributed by atoms with Crippen molar-refractivity contribution in [3.05, 3.63) is 89.7 Å². The smallest absolute Gasteiger partial charge is 0.230 e. The fourth-order valence-corrected chi connectivity index (χ4v) is 4.42. The largest absolute Gasteiger partial charge is 0.349 e. The summed E-state index contributed by atoms with van der Waals surface area (Å²) in [6.45, 7) is 6.19. The Balaban J connectivity index is 1.56. The number of hydrogen-bond donors (Lipinski definition) is 1. The molecule has 2 aromatic heterocycles. The van der Waals surface area contributed by atoms with Crippen LogP contribution in [-0.2, 0) is 4.79 Å². The predicted octanol–water partition coefficient (Wildman–Crippen LogP) is 5.31. The number of amides is 1. The number of carbonyl (C=O) groups is 1. The summed E-state index contributed by atoms with van der Waals surface area (Å²) in [6, 6.07) is 20.2. The zero-order valence-corrected chi connectivity index (χ0v) is 19.8. The Kier molecular flexibility index (Phi) is 7.19. The Hall–Kier alpha value is -3.45. The Labute approximate surface area is 198 Å². The van der Waals surface area contributed by atoms with Crippen molar-refractivity contribution in [2.45, 2.75) is 38.4 Å². The van der Waals surface area contributed by atoms with Crippen molar-refractivity contribution in [1.29, 1.82) is 0 Å². The van der Waals surface area contributed by atoms with E-state index in [1.54, 1.807) is 12.4 Å². The number of rotatable bonds is 8. The Morgan fingerprint density at radius 2 is 1.73 bits per heavy atom. The van der Waals surface area contributed by atoms with Gasteiger partial charge in [-0.15, -0.1) is 10.2 Å². The zero-order chi connectivity index (χ0) is 23.2. The number of aromatic nitrogens is 4. The van der Waals surface area contributed by atoms with Crippen LogP contribution in [0.5, 0.6) is 0 Å². The van der Waals surface area contributed by atoms with E-state index < -0.39 is 0 Å². The fraction of sp³-hybridized carbons (Fsp3) is 0.231. The first-order valence-corrected chi connectivity index (χ1v) is 12.0.